The minimum Gasteiger partial charge on any atom is -0.445 e. The zero-order valence-corrected chi connectivity index (χ0v) is 11.0. The maximum absolute atomic E-state index is 11.2. The highest BCUT2D eigenvalue weighted by atomic mass is 19.4. The van der Waals surface area contributed by atoms with Crippen molar-refractivity contribution in [3.63, 3.8) is 0 Å². The van der Waals surface area contributed by atoms with Gasteiger partial charge in [0.15, 0.2) is 6.73 Å². The number of likely N-dealkylation sites (tertiary alicyclic amines) is 1. The summed E-state index contributed by atoms with van der Waals surface area (Å²) in [4.78, 5) is 0. The zero-order valence-electron chi connectivity index (χ0n) is 11.0. The Hall–Kier alpha value is -0.575. The summed E-state index contributed by atoms with van der Waals surface area (Å²) in [6.07, 6.45) is -3.80. The van der Waals surface area contributed by atoms with E-state index in [4.69, 9.17) is 4.74 Å². The predicted molar refractivity (Wildman–Crippen MR) is 57.1 cm³/mol. The van der Waals surface area contributed by atoms with Gasteiger partial charge in [-0.1, -0.05) is 0 Å². The Labute approximate surface area is 111 Å². The van der Waals surface area contributed by atoms with Gasteiger partial charge in [-0.2, -0.15) is 13.2 Å². The van der Waals surface area contributed by atoms with Crippen LogP contribution in [-0.2, 0) is 4.74 Å². The quantitative estimate of drug-likeness (QED) is 0.440. The van der Waals surface area contributed by atoms with E-state index in [2.05, 4.69) is 7.05 Å². The van der Waals surface area contributed by atoms with Crippen molar-refractivity contribution in [1.82, 2.24) is 0 Å². The molecule has 1 saturated heterocycles. The van der Waals surface area contributed by atoms with E-state index >= 15 is 0 Å². The fourth-order valence-corrected chi connectivity index (χ4v) is 1.73. The lowest BCUT2D eigenvalue weighted by Gasteiger charge is -2.28. The molecule has 0 atom stereocenters. The number of hydrogen-bond donors (Lipinski definition) is 0. The molecule has 0 N–H and O–H groups in total. The van der Waals surface area contributed by atoms with Crippen LogP contribution in [0, 0.1) is 0 Å². The van der Waals surface area contributed by atoms with Crippen LogP contribution in [0.2, 0.25) is 0 Å². The number of quaternary nitrogens is 1. The Morgan fingerprint density at radius 3 is 1.60 bits per heavy atom. The molecule has 11 heteroatoms. The van der Waals surface area contributed by atoms with Crippen molar-refractivity contribution < 1.29 is 44.1 Å². The molecule has 0 bridgehead atoms. The number of hydrogen-bond acceptors (Lipinski definition) is 1. The van der Waals surface area contributed by atoms with Gasteiger partial charge in [0.1, 0.15) is 0 Å². The van der Waals surface area contributed by atoms with E-state index in [1.807, 2.05) is 0 Å². The third-order valence-electron chi connectivity index (χ3n) is 2.88. The van der Waals surface area contributed by atoms with Crippen molar-refractivity contribution in [2.24, 2.45) is 0 Å². The van der Waals surface area contributed by atoms with E-state index in [0.29, 0.717) is 0 Å². The van der Waals surface area contributed by atoms with E-state index in [0.717, 1.165) is 11.2 Å². The summed E-state index contributed by atoms with van der Waals surface area (Å²) in [5.74, 6) is -6.56. The Morgan fingerprint density at radius 2 is 1.40 bits per heavy atom. The molecule has 1 fully saturated rings. The number of halogens is 8. The van der Waals surface area contributed by atoms with Gasteiger partial charge in [-0.05, 0) is 0 Å². The molecule has 0 aromatic heterocycles. The normalized spacial score (nSPS) is 19.5. The molecule has 0 amide bonds. The Morgan fingerprint density at radius 1 is 1.00 bits per heavy atom. The van der Waals surface area contributed by atoms with Crippen molar-refractivity contribution >= 4 is 6.98 Å². The number of nitrogens with zero attached hydrogens (tertiary/aromatic N) is 1. The van der Waals surface area contributed by atoms with E-state index < -0.39 is 19.0 Å². The van der Waals surface area contributed by atoms with Crippen LogP contribution in [0.5, 0.6) is 0 Å². The van der Waals surface area contributed by atoms with Gasteiger partial charge in [-0.15, -0.1) is 0 Å². The van der Waals surface area contributed by atoms with Crippen LogP contribution < -0.4 is 0 Å². The Balaban J connectivity index is 0.000000367. The summed E-state index contributed by atoms with van der Waals surface area (Å²) in [7, 11) is 4.04. The molecule has 2 nitrogen and oxygen atoms in total. The fraction of sp³-hybridized carbons (Fsp3) is 1.00. The molecule has 1 heterocycles. The number of ether oxygens (including phenoxy) is 1. The molecule has 1 rings (SSSR count). The van der Waals surface area contributed by atoms with Crippen molar-refractivity contribution in [3.8, 4) is 0 Å². The van der Waals surface area contributed by atoms with E-state index in [1.165, 1.54) is 25.9 Å². The van der Waals surface area contributed by atoms with Gasteiger partial charge in [0.05, 0.1) is 20.1 Å². The SMILES string of the molecule is COC[N+]1(C)CCCC1.F[B-](F)(F)C(F)(F)C(F)(F)F. The van der Waals surface area contributed by atoms with Crippen LogP contribution in [0.1, 0.15) is 12.8 Å². The predicted octanol–water partition coefficient (Wildman–Crippen LogP) is 3.40. The van der Waals surface area contributed by atoms with Crippen LogP contribution in [0.25, 0.3) is 0 Å². The summed E-state index contributed by atoms with van der Waals surface area (Å²) in [5.41, 5.74) is 0. The maximum Gasteiger partial charge on any atom is 0.558 e. The Bertz CT molecular complexity index is 281. The second-order valence-corrected chi connectivity index (χ2v) is 4.89. The van der Waals surface area contributed by atoms with Gasteiger partial charge in [-0.25, -0.2) is 8.78 Å². The average Bonchev–Trinajstić information content (AvgIpc) is 2.63. The molecule has 0 saturated carbocycles. The molecular formula is C9H16BF8NO. The average molecular weight is 317 g/mol. The second kappa shape index (κ2) is 6.46. The molecule has 0 radical (unpaired) electrons. The molecular weight excluding hydrogens is 301 g/mol. The molecule has 1 aliphatic heterocycles. The van der Waals surface area contributed by atoms with Gasteiger partial charge >= 0.3 is 19.0 Å². The zero-order chi connectivity index (χ0) is 16.2. The first kappa shape index (κ1) is 19.4. The molecule has 0 unspecified atom stereocenters. The highest BCUT2D eigenvalue weighted by molar-refractivity contribution is 6.61. The number of rotatable bonds is 3. The molecule has 20 heavy (non-hydrogen) atoms. The van der Waals surface area contributed by atoms with Gasteiger partial charge in [-0.3, -0.25) is 0 Å². The van der Waals surface area contributed by atoms with Gasteiger partial charge < -0.3 is 22.2 Å². The van der Waals surface area contributed by atoms with Crippen LogP contribution in [-0.4, -0.2) is 57.4 Å². The summed E-state index contributed by atoms with van der Waals surface area (Å²) in [5, 5.41) is 0. The lowest BCUT2D eigenvalue weighted by Crippen LogP contribution is -2.53. The molecule has 0 spiro atoms. The van der Waals surface area contributed by atoms with E-state index in [-0.39, 0.29) is 0 Å². The first-order valence-electron chi connectivity index (χ1n) is 5.73. The second-order valence-electron chi connectivity index (χ2n) is 4.89. The largest absolute Gasteiger partial charge is 0.558 e. The smallest absolute Gasteiger partial charge is 0.445 e. The van der Waals surface area contributed by atoms with E-state index in [9.17, 15) is 34.9 Å². The van der Waals surface area contributed by atoms with Crippen molar-refractivity contribution in [2.45, 2.75) is 24.8 Å². The molecule has 0 aliphatic carbocycles. The summed E-state index contributed by atoms with van der Waals surface area (Å²) in [6, 6.07) is 0. The molecule has 122 valence electrons. The van der Waals surface area contributed by atoms with Gasteiger partial charge in [0, 0.05) is 20.0 Å². The third kappa shape index (κ3) is 5.08. The minimum atomic E-state index is -7.21. The van der Waals surface area contributed by atoms with Crippen molar-refractivity contribution in [3.05, 3.63) is 0 Å². The monoisotopic (exact) mass is 317 g/mol. The molecule has 0 aromatic carbocycles. The number of alkyl halides is 5. The fourth-order valence-electron chi connectivity index (χ4n) is 1.73. The van der Waals surface area contributed by atoms with Crippen LogP contribution in [0.4, 0.5) is 34.9 Å². The first-order valence-corrected chi connectivity index (χ1v) is 5.73. The molecule has 1 aliphatic rings. The maximum atomic E-state index is 11.2. The van der Waals surface area contributed by atoms with E-state index in [1.54, 1.807) is 7.11 Å². The highest BCUT2D eigenvalue weighted by Gasteiger charge is 2.69. The van der Waals surface area contributed by atoms with Crippen molar-refractivity contribution in [2.75, 3.05) is 34.0 Å². The standard InChI is InChI=1S/C7H16NO.C2BF8/c1-8(7-9-2)5-3-4-6-8;4-1(5,2(6,7)8)3(9,10)11/h3-7H2,1-2H3;/q+1;-1. The highest BCUT2D eigenvalue weighted by Crippen LogP contribution is 2.43. The first-order chi connectivity index (χ1) is 8.77. The summed E-state index contributed by atoms with van der Waals surface area (Å²) in [6.45, 7) is -3.72. The van der Waals surface area contributed by atoms with Crippen LogP contribution in [0.3, 0.4) is 0 Å². The topological polar surface area (TPSA) is 9.23 Å². The lowest BCUT2D eigenvalue weighted by atomic mass is 9.80. The van der Waals surface area contributed by atoms with Crippen LogP contribution in [0.15, 0.2) is 0 Å². The van der Waals surface area contributed by atoms with Gasteiger partial charge in [0.2, 0.25) is 0 Å². The summed E-state index contributed by atoms with van der Waals surface area (Å²) < 4.78 is 94.0. The Kier molecular flexibility index (Phi) is 6.28. The van der Waals surface area contributed by atoms with Gasteiger partial charge in [0.25, 0.3) is 0 Å². The molecule has 0 aromatic rings. The van der Waals surface area contributed by atoms with Crippen molar-refractivity contribution in [1.29, 1.82) is 0 Å². The minimum absolute atomic E-state index is 0.889. The summed E-state index contributed by atoms with van der Waals surface area (Å²) >= 11 is 0. The lowest BCUT2D eigenvalue weighted by molar-refractivity contribution is -0.916. The third-order valence-corrected chi connectivity index (χ3v) is 2.88. The van der Waals surface area contributed by atoms with Crippen LogP contribution >= 0.6 is 0 Å². The number of methoxy groups -OCH3 is 1.